The van der Waals surface area contributed by atoms with Crippen molar-refractivity contribution in [2.75, 3.05) is 13.2 Å². The summed E-state index contributed by atoms with van der Waals surface area (Å²) in [5.41, 5.74) is -0.726. The first-order valence-corrected chi connectivity index (χ1v) is 7.59. The Morgan fingerprint density at radius 3 is 2.24 bits per heavy atom. The molecule has 0 bridgehead atoms. The third-order valence-electron chi connectivity index (χ3n) is 3.43. The van der Waals surface area contributed by atoms with Crippen LogP contribution in [0.4, 0.5) is 0 Å². The summed E-state index contributed by atoms with van der Waals surface area (Å²) in [7, 11) is 0. The molecule has 1 heterocycles. The first-order valence-electron chi connectivity index (χ1n) is 7.59. The van der Waals surface area contributed by atoms with E-state index in [1.54, 1.807) is 0 Å². The van der Waals surface area contributed by atoms with Gasteiger partial charge in [0.2, 0.25) is 5.91 Å². The molecule has 0 radical (unpaired) electrons. The molecule has 1 aliphatic heterocycles. The van der Waals surface area contributed by atoms with E-state index in [-0.39, 0.29) is 29.5 Å². The Kier molecular flexibility index (Phi) is 5.93. The van der Waals surface area contributed by atoms with Crippen molar-refractivity contribution in [2.45, 2.75) is 66.8 Å². The topological polar surface area (TPSA) is 64.6 Å². The predicted molar refractivity (Wildman–Crippen MR) is 80.8 cm³/mol. The summed E-state index contributed by atoms with van der Waals surface area (Å²) in [4.78, 5) is 23.6. The zero-order valence-corrected chi connectivity index (χ0v) is 14.1. The fourth-order valence-corrected chi connectivity index (χ4v) is 1.86. The average molecular weight is 299 g/mol. The monoisotopic (exact) mass is 299 g/mol. The van der Waals surface area contributed by atoms with Crippen LogP contribution in [0.1, 0.15) is 54.4 Å². The van der Waals surface area contributed by atoms with E-state index in [4.69, 9.17) is 9.47 Å². The van der Waals surface area contributed by atoms with Crippen LogP contribution in [0.15, 0.2) is 0 Å². The van der Waals surface area contributed by atoms with Gasteiger partial charge in [-0.3, -0.25) is 9.59 Å². The molecule has 2 unspecified atom stereocenters. The highest BCUT2D eigenvalue weighted by Gasteiger charge is 2.29. The number of hydrogen-bond acceptors (Lipinski definition) is 4. The summed E-state index contributed by atoms with van der Waals surface area (Å²) in [5, 5.41) is 2.86. The van der Waals surface area contributed by atoms with Crippen LogP contribution in [-0.2, 0) is 19.1 Å². The second-order valence-corrected chi connectivity index (χ2v) is 7.69. The number of ketones is 1. The van der Waals surface area contributed by atoms with Crippen molar-refractivity contribution in [3.63, 3.8) is 0 Å². The largest absolute Gasteiger partial charge is 0.353 e. The third-order valence-corrected chi connectivity index (χ3v) is 3.43. The highest BCUT2D eigenvalue weighted by atomic mass is 16.7. The molecule has 122 valence electrons. The average Bonchev–Trinajstić information content (AvgIpc) is 2.78. The molecule has 0 aromatic carbocycles. The normalized spacial score (nSPS) is 23.1. The number of ether oxygens (including phenoxy) is 2. The predicted octanol–water partition coefficient (Wildman–Crippen LogP) is 2.29. The van der Waals surface area contributed by atoms with Crippen LogP contribution in [0.25, 0.3) is 0 Å². The van der Waals surface area contributed by atoms with Crippen molar-refractivity contribution < 1.29 is 19.1 Å². The molecule has 0 saturated carbocycles. The van der Waals surface area contributed by atoms with Crippen LogP contribution in [0.3, 0.4) is 0 Å². The number of Topliss-reactive ketones (excluding diaryl/α,β-unsaturated/α-hetero) is 1. The van der Waals surface area contributed by atoms with Crippen molar-refractivity contribution in [2.24, 2.45) is 10.8 Å². The van der Waals surface area contributed by atoms with E-state index in [0.29, 0.717) is 26.0 Å². The van der Waals surface area contributed by atoms with Gasteiger partial charge >= 0.3 is 0 Å². The summed E-state index contributed by atoms with van der Waals surface area (Å²) >= 11 is 0. The highest BCUT2D eigenvalue weighted by Crippen LogP contribution is 2.22. The lowest BCUT2D eigenvalue weighted by molar-refractivity contribution is -0.129. The zero-order chi connectivity index (χ0) is 16.3. The summed E-state index contributed by atoms with van der Waals surface area (Å²) in [6.07, 6.45) is 0.550. The van der Waals surface area contributed by atoms with E-state index in [0.717, 1.165) is 0 Å². The lowest BCUT2D eigenvalue weighted by Crippen LogP contribution is -2.40. The Bertz CT molecular complexity index is 343. The van der Waals surface area contributed by atoms with Gasteiger partial charge in [0, 0.05) is 30.2 Å². The minimum atomic E-state index is -0.405. The molecule has 2 atom stereocenters. The van der Waals surface area contributed by atoms with Crippen molar-refractivity contribution in [1.82, 2.24) is 5.32 Å². The maximum atomic E-state index is 11.9. The van der Waals surface area contributed by atoms with Gasteiger partial charge in [-0.05, 0) is 0 Å². The molecule has 1 fully saturated rings. The fourth-order valence-electron chi connectivity index (χ4n) is 1.86. The Hall–Kier alpha value is -0.940. The van der Waals surface area contributed by atoms with E-state index >= 15 is 0 Å². The van der Waals surface area contributed by atoms with Crippen LogP contribution >= 0.6 is 0 Å². The van der Waals surface area contributed by atoms with Crippen molar-refractivity contribution in [1.29, 1.82) is 0 Å². The Morgan fingerprint density at radius 1 is 1.10 bits per heavy atom. The number of rotatable bonds is 5. The van der Waals surface area contributed by atoms with Crippen molar-refractivity contribution >= 4 is 11.7 Å². The molecule has 5 nitrogen and oxygen atoms in total. The maximum Gasteiger partial charge on any atom is 0.225 e. The third kappa shape index (κ3) is 6.14. The molecular formula is C16H29NO4. The quantitative estimate of drug-likeness (QED) is 0.846. The molecule has 0 spiro atoms. The van der Waals surface area contributed by atoms with Gasteiger partial charge in [0.15, 0.2) is 6.29 Å². The van der Waals surface area contributed by atoms with Gasteiger partial charge in [-0.15, -0.1) is 0 Å². The lowest BCUT2D eigenvalue weighted by atomic mass is 9.88. The van der Waals surface area contributed by atoms with Crippen LogP contribution < -0.4 is 5.32 Å². The molecule has 0 aromatic heterocycles. The number of nitrogens with one attached hydrogen (secondary N) is 1. The number of amides is 1. The Labute approximate surface area is 127 Å². The van der Waals surface area contributed by atoms with Gasteiger partial charge < -0.3 is 14.8 Å². The van der Waals surface area contributed by atoms with E-state index in [2.05, 4.69) is 5.32 Å². The van der Waals surface area contributed by atoms with Crippen LogP contribution in [0.5, 0.6) is 0 Å². The molecule has 1 aliphatic rings. The molecule has 0 aromatic rings. The summed E-state index contributed by atoms with van der Waals surface area (Å²) in [6.45, 7) is 12.3. The SMILES string of the molecule is CC(C)(C)C(=O)CCC1OCC(CNC(=O)C(C)(C)C)O1. The van der Waals surface area contributed by atoms with Crippen LogP contribution in [-0.4, -0.2) is 37.2 Å². The minimum absolute atomic E-state index is 0.00235. The number of carbonyl (C=O) groups is 2. The standard InChI is InChI=1S/C16H29NO4/c1-15(2,3)12(18)7-8-13-20-10-11(21-13)9-17-14(19)16(4,5)6/h11,13H,7-10H2,1-6H3,(H,17,19). The van der Waals surface area contributed by atoms with Gasteiger partial charge in [-0.2, -0.15) is 0 Å². The molecular weight excluding hydrogens is 270 g/mol. The van der Waals surface area contributed by atoms with E-state index in [1.807, 2.05) is 41.5 Å². The molecule has 1 amide bonds. The van der Waals surface area contributed by atoms with Crippen molar-refractivity contribution in [3.05, 3.63) is 0 Å². The molecule has 1 N–H and O–H groups in total. The Morgan fingerprint density at radius 2 is 1.71 bits per heavy atom. The second-order valence-electron chi connectivity index (χ2n) is 7.69. The maximum absolute atomic E-state index is 11.9. The fraction of sp³-hybridized carbons (Fsp3) is 0.875. The lowest BCUT2D eigenvalue weighted by Gasteiger charge is -2.19. The number of hydrogen-bond donors (Lipinski definition) is 1. The van der Waals surface area contributed by atoms with Crippen LogP contribution in [0, 0.1) is 10.8 Å². The van der Waals surface area contributed by atoms with Gasteiger partial charge in [0.05, 0.1) is 6.61 Å². The molecule has 1 rings (SSSR count). The van der Waals surface area contributed by atoms with E-state index in [9.17, 15) is 9.59 Å². The van der Waals surface area contributed by atoms with Gasteiger partial charge in [0.25, 0.3) is 0 Å². The summed E-state index contributed by atoms with van der Waals surface area (Å²) in [6, 6.07) is 0. The minimum Gasteiger partial charge on any atom is -0.353 e. The van der Waals surface area contributed by atoms with Gasteiger partial charge in [-0.1, -0.05) is 41.5 Å². The van der Waals surface area contributed by atoms with Gasteiger partial charge in [0.1, 0.15) is 11.9 Å². The smallest absolute Gasteiger partial charge is 0.225 e. The Balaban J connectivity index is 2.27. The van der Waals surface area contributed by atoms with E-state index < -0.39 is 5.41 Å². The number of carbonyl (C=O) groups excluding carboxylic acids is 2. The van der Waals surface area contributed by atoms with Crippen LogP contribution in [0.2, 0.25) is 0 Å². The molecule has 5 heteroatoms. The van der Waals surface area contributed by atoms with Gasteiger partial charge in [-0.25, -0.2) is 0 Å². The summed E-state index contributed by atoms with van der Waals surface area (Å²) in [5.74, 6) is 0.205. The molecule has 1 saturated heterocycles. The first-order chi connectivity index (χ1) is 9.50. The highest BCUT2D eigenvalue weighted by molar-refractivity contribution is 5.83. The molecule has 0 aliphatic carbocycles. The van der Waals surface area contributed by atoms with E-state index in [1.165, 1.54) is 0 Å². The van der Waals surface area contributed by atoms with Crippen molar-refractivity contribution in [3.8, 4) is 0 Å². The molecule has 21 heavy (non-hydrogen) atoms. The second kappa shape index (κ2) is 6.88. The first kappa shape index (κ1) is 18.1. The zero-order valence-electron chi connectivity index (χ0n) is 14.1. The summed E-state index contributed by atoms with van der Waals surface area (Å²) < 4.78 is 11.2.